The number of anilines is 1. The summed E-state index contributed by atoms with van der Waals surface area (Å²) in [4.78, 5) is 28.8. The van der Waals surface area contributed by atoms with Crippen molar-refractivity contribution in [2.24, 2.45) is 0 Å². The molecule has 0 saturated carbocycles. The van der Waals surface area contributed by atoms with E-state index in [0.717, 1.165) is 10.9 Å². The molecule has 2 heterocycles. The van der Waals surface area contributed by atoms with Crippen LogP contribution in [0.5, 0.6) is 5.75 Å². The Hall–Kier alpha value is -4.76. The lowest BCUT2D eigenvalue weighted by atomic mass is 9.98. The monoisotopic (exact) mass is 483 g/mol. The van der Waals surface area contributed by atoms with E-state index in [9.17, 15) is 20.0 Å². The molecule has 2 aromatic heterocycles. The largest absolute Gasteiger partial charge is 0.507 e. The Bertz CT molecular complexity index is 1530. The summed E-state index contributed by atoms with van der Waals surface area (Å²) in [7, 11) is 0. The highest BCUT2D eigenvalue weighted by Crippen LogP contribution is 2.41. The minimum atomic E-state index is -0.571. The van der Waals surface area contributed by atoms with Gasteiger partial charge in [0.2, 0.25) is 11.8 Å². The van der Waals surface area contributed by atoms with Gasteiger partial charge in [-0.3, -0.25) is 20.2 Å². The highest BCUT2D eigenvalue weighted by Gasteiger charge is 2.22. The number of carbonyl (C=O) groups is 1. The molecule has 2 N–H and O–H groups in total. The minimum absolute atomic E-state index is 0.194. The third-order valence-corrected chi connectivity index (χ3v) is 6.16. The minimum Gasteiger partial charge on any atom is -0.507 e. The summed E-state index contributed by atoms with van der Waals surface area (Å²) in [5.41, 5.74) is 2.23. The number of aromatic hydroxyl groups is 1. The van der Waals surface area contributed by atoms with Crippen molar-refractivity contribution in [1.29, 1.82) is 0 Å². The number of hydrogen-bond acceptors (Lipinski definition) is 7. The van der Waals surface area contributed by atoms with Crippen molar-refractivity contribution < 1.29 is 19.2 Å². The second kappa shape index (κ2) is 9.24. The molecular formula is C26H17N3O5S. The average Bonchev–Trinajstić information content (AvgIpc) is 3.55. The molecule has 5 rings (SSSR count). The van der Waals surface area contributed by atoms with Gasteiger partial charge >= 0.3 is 0 Å². The molecule has 3 aromatic carbocycles. The number of nitro benzene ring substituents is 1. The molecule has 5 aromatic rings. The van der Waals surface area contributed by atoms with E-state index in [1.807, 2.05) is 23.6 Å². The van der Waals surface area contributed by atoms with Gasteiger partial charge in [0.05, 0.1) is 15.9 Å². The standard InChI is InChI=1S/C26H17N3O5S/c30-21-15-17(29(32)33)12-13-19(21)18-9-4-5-10-20(18)25-27-23(22-11-6-14-35-22)26(34-25)28-24(31)16-7-2-1-3-8-16/h1-15,30H,(H,28,31). The Morgan fingerprint density at radius 3 is 2.37 bits per heavy atom. The van der Waals surface area contributed by atoms with Crippen molar-refractivity contribution in [3.05, 3.63) is 106 Å². The third-order valence-electron chi connectivity index (χ3n) is 5.28. The van der Waals surface area contributed by atoms with Gasteiger partial charge in [-0.1, -0.05) is 42.5 Å². The van der Waals surface area contributed by atoms with E-state index in [1.165, 1.54) is 23.5 Å². The summed E-state index contributed by atoms with van der Waals surface area (Å²) < 4.78 is 6.05. The maximum Gasteiger partial charge on any atom is 0.273 e. The molecule has 0 fully saturated rings. The van der Waals surface area contributed by atoms with Crippen LogP contribution in [-0.2, 0) is 0 Å². The van der Waals surface area contributed by atoms with Crippen LogP contribution < -0.4 is 5.32 Å². The Balaban J connectivity index is 1.60. The van der Waals surface area contributed by atoms with Crippen molar-refractivity contribution in [2.45, 2.75) is 0 Å². The molecule has 0 aliphatic carbocycles. The van der Waals surface area contributed by atoms with Crippen LogP contribution in [0.25, 0.3) is 33.2 Å². The van der Waals surface area contributed by atoms with E-state index in [-0.39, 0.29) is 29.1 Å². The first kappa shape index (κ1) is 22.1. The van der Waals surface area contributed by atoms with Gasteiger partial charge < -0.3 is 9.52 Å². The fraction of sp³-hybridized carbons (Fsp3) is 0. The molecule has 0 spiro atoms. The zero-order valence-corrected chi connectivity index (χ0v) is 18.9. The fourth-order valence-corrected chi connectivity index (χ4v) is 4.34. The average molecular weight is 484 g/mol. The number of rotatable bonds is 6. The highest BCUT2D eigenvalue weighted by atomic mass is 32.1. The molecule has 0 unspecified atom stereocenters. The van der Waals surface area contributed by atoms with Crippen molar-refractivity contribution >= 4 is 28.8 Å². The predicted octanol–water partition coefficient (Wildman–Crippen LogP) is 6.60. The number of amides is 1. The van der Waals surface area contributed by atoms with E-state index < -0.39 is 4.92 Å². The van der Waals surface area contributed by atoms with Crippen LogP contribution in [0, 0.1) is 10.1 Å². The van der Waals surface area contributed by atoms with Crippen LogP contribution >= 0.6 is 11.3 Å². The number of benzene rings is 3. The number of phenols is 1. The van der Waals surface area contributed by atoms with E-state index in [1.54, 1.807) is 48.5 Å². The molecule has 0 radical (unpaired) electrons. The summed E-state index contributed by atoms with van der Waals surface area (Å²) in [5, 5.41) is 26.3. The number of thiophene rings is 1. The topological polar surface area (TPSA) is 118 Å². The SMILES string of the molecule is O=C(Nc1oc(-c2ccccc2-c2ccc([N+](=O)[O-])cc2O)nc1-c1cccs1)c1ccccc1. The van der Waals surface area contributed by atoms with Gasteiger partial charge in [-0.2, -0.15) is 0 Å². The first-order chi connectivity index (χ1) is 17.0. The molecule has 0 bridgehead atoms. The molecule has 0 atom stereocenters. The van der Waals surface area contributed by atoms with E-state index in [2.05, 4.69) is 10.3 Å². The summed E-state index contributed by atoms with van der Waals surface area (Å²) >= 11 is 1.45. The second-order valence-electron chi connectivity index (χ2n) is 7.50. The molecule has 8 nitrogen and oxygen atoms in total. The van der Waals surface area contributed by atoms with Crippen molar-refractivity contribution in [2.75, 3.05) is 5.32 Å². The lowest BCUT2D eigenvalue weighted by molar-refractivity contribution is -0.384. The quantitative estimate of drug-likeness (QED) is 0.207. The Morgan fingerprint density at radius 1 is 0.943 bits per heavy atom. The van der Waals surface area contributed by atoms with Crippen LogP contribution in [0.1, 0.15) is 10.4 Å². The summed E-state index contributed by atoms with van der Waals surface area (Å²) in [5.74, 6) is -0.161. The van der Waals surface area contributed by atoms with Crippen LogP contribution in [0.15, 0.2) is 94.7 Å². The second-order valence-corrected chi connectivity index (χ2v) is 8.45. The van der Waals surface area contributed by atoms with Crippen molar-refractivity contribution in [1.82, 2.24) is 4.98 Å². The molecule has 1 amide bonds. The van der Waals surface area contributed by atoms with Gasteiger partial charge in [0.1, 0.15) is 11.4 Å². The first-order valence-electron chi connectivity index (χ1n) is 10.5. The number of non-ortho nitro benzene ring substituents is 1. The third kappa shape index (κ3) is 4.40. The maximum absolute atomic E-state index is 12.8. The zero-order chi connectivity index (χ0) is 24.4. The number of nitro groups is 1. The van der Waals surface area contributed by atoms with Crippen LogP contribution in [0.4, 0.5) is 11.6 Å². The fourth-order valence-electron chi connectivity index (χ4n) is 3.63. The molecule has 172 valence electrons. The predicted molar refractivity (Wildman–Crippen MR) is 133 cm³/mol. The number of carbonyl (C=O) groups excluding carboxylic acids is 1. The molecular weight excluding hydrogens is 466 g/mol. The van der Waals surface area contributed by atoms with Gasteiger partial charge in [-0.25, -0.2) is 4.98 Å². The Kier molecular flexibility index (Phi) is 5.82. The lowest BCUT2D eigenvalue weighted by Crippen LogP contribution is -2.11. The molecule has 0 saturated heterocycles. The highest BCUT2D eigenvalue weighted by molar-refractivity contribution is 7.13. The summed E-state index contributed by atoms with van der Waals surface area (Å²) in [6.07, 6.45) is 0. The summed E-state index contributed by atoms with van der Waals surface area (Å²) in [6.45, 7) is 0. The number of nitrogens with zero attached hydrogens (tertiary/aromatic N) is 2. The molecule has 35 heavy (non-hydrogen) atoms. The van der Waals surface area contributed by atoms with Crippen molar-refractivity contribution in [3.8, 4) is 38.9 Å². The smallest absolute Gasteiger partial charge is 0.273 e. The number of oxazole rings is 1. The van der Waals surface area contributed by atoms with Gasteiger partial charge in [-0.15, -0.1) is 11.3 Å². The van der Waals surface area contributed by atoms with Crippen LogP contribution in [0.3, 0.4) is 0 Å². The molecule has 0 aliphatic heterocycles. The van der Waals surface area contributed by atoms with Crippen molar-refractivity contribution in [3.63, 3.8) is 0 Å². The van der Waals surface area contributed by atoms with Gasteiger partial charge in [0.15, 0.2) is 0 Å². The number of aromatic nitrogens is 1. The normalized spacial score (nSPS) is 10.7. The first-order valence-corrected chi connectivity index (χ1v) is 11.4. The van der Waals surface area contributed by atoms with E-state index in [4.69, 9.17) is 4.42 Å². The number of phenolic OH excluding ortho intramolecular Hbond substituents is 1. The van der Waals surface area contributed by atoms with Gasteiger partial charge in [-0.05, 0) is 41.3 Å². The van der Waals surface area contributed by atoms with E-state index >= 15 is 0 Å². The van der Waals surface area contributed by atoms with Gasteiger partial charge in [0, 0.05) is 22.8 Å². The lowest BCUT2D eigenvalue weighted by Gasteiger charge is -2.09. The number of nitrogens with one attached hydrogen (secondary N) is 1. The Labute approximate surface area is 203 Å². The number of hydrogen-bond donors (Lipinski definition) is 2. The molecule has 9 heteroatoms. The van der Waals surface area contributed by atoms with Crippen LogP contribution in [0.2, 0.25) is 0 Å². The van der Waals surface area contributed by atoms with Crippen LogP contribution in [-0.4, -0.2) is 20.9 Å². The molecule has 0 aliphatic rings. The summed E-state index contributed by atoms with van der Waals surface area (Å²) in [6, 6.07) is 23.5. The zero-order valence-electron chi connectivity index (χ0n) is 18.0. The van der Waals surface area contributed by atoms with E-state index in [0.29, 0.717) is 27.9 Å². The van der Waals surface area contributed by atoms with Gasteiger partial charge in [0.25, 0.3) is 11.6 Å². The maximum atomic E-state index is 12.8. The Morgan fingerprint density at radius 2 is 1.69 bits per heavy atom.